The van der Waals surface area contributed by atoms with Crippen molar-refractivity contribution < 1.29 is 23.7 Å². The molecule has 0 bridgehead atoms. The molecule has 0 heterocycles. The van der Waals surface area contributed by atoms with Crippen molar-refractivity contribution in [1.82, 2.24) is 0 Å². The minimum absolute atomic E-state index is 0.0387. The fourth-order valence-electron chi connectivity index (χ4n) is 4.83. The Hall–Kier alpha value is -2.69. The molecule has 0 aliphatic carbocycles. The van der Waals surface area contributed by atoms with E-state index in [1.165, 1.54) is 5.56 Å². The highest BCUT2D eigenvalue weighted by molar-refractivity contribution is 6.00. The van der Waals surface area contributed by atoms with Crippen LogP contribution in [-0.4, -0.2) is 32.2 Å². The number of ether oxygens (including phenoxy) is 4. The predicted molar refractivity (Wildman–Crippen MR) is 175 cm³/mol. The zero-order chi connectivity index (χ0) is 30.4. The fraction of sp³-hybridized carbons (Fsp3) is 0.649. The number of carbonyl (C=O) groups is 1. The Morgan fingerprint density at radius 2 is 1.14 bits per heavy atom. The van der Waals surface area contributed by atoms with Crippen LogP contribution in [0.25, 0.3) is 0 Å². The number of unbranched alkanes of at least 4 members (excludes halogenated alkanes) is 8. The van der Waals surface area contributed by atoms with Gasteiger partial charge in [-0.05, 0) is 61.8 Å². The molecule has 2 aromatic rings. The molecule has 2 aromatic carbocycles. The van der Waals surface area contributed by atoms with E-state index in [1.54, 1.807) is 0 Å². The van der Waals surface area contributed by atoms with E-state index in [0.29, 0.717) is 62.1 Å². The van der Waals surface area contributed by atoms with Crippen LogP contribution in [0.1, 0.15) is 140 Å². The molecule has 0 aromatic heterocycles. The number of benzene rings is 2. The summed E-state index contributed by atoms with van der Waals surface area (Å²) in [5.41, 5.74) is 2.90. The number of aryl methyl sites for hydroxylation is 2. The highest BCUT2D eigenvalue weighted by atomic mass is 16.5. The summed E-state index contributed by atoms with van der Waals surface area (Å²) in [6, 6.07) is 10.2. The van der Waals surface area contributed by atoms with Crippen LogP contribution in [0.3, 0.4) is 0 Å². The number of hydrogen-bond donors (Lipinski definition) is 0. The molecule has 236 valence electrons. The highest BCUT2D eigenvalue weighted by Crippen LogP contribution is 2.38. The molecule has 2 rings (SSSR count). The first-order valence-corrected chi connectivity index (χ1v) is 16.9. The first kappa shape index (κ1) is 35.5. The molecule has 0 aliphatic rings. The lowest BCUT2D eigenvalue weighted by Gasteiger charge is -2.19. The Bertz CT molecular complexity index is 1020. The SMILES string of the molecule is CCCCCOc1cc(OCCCCC)c(OCCCCC)c(C(=O)CCc2cc(CC)ccc2OCCCCC)c1. The van der Waals surface area contributed by atoms with Gasteiger partial charge in [-0.2, -0.15) is 0 Å². The standard InChI is InChI=1S/C37H58O5/c1-6-11-15-23-39-32-28-33(37(42-26-18-14-9-4)36(29-32)41-25-17-13-8-3)34(38)21-20-31-27-30(10-5)19-22-35(31)40-24-16-12-7-2/h19,22,27-29H,6-18,20-21,23-26H2,1-5H3. The summed E-state index contributed by atoms with van der Waals surface area (Å²) in [6.45, 7) is 13.4. The average Bonchev–Trinajstić information content (AvgIpc) is 3.01. The molecule has 0 N–H and O–H groups in total. The third kappa shape index (κ3) is 13.1. The van der Waals surface area contributed by atoms with E-state index in [0.717, 1.165) is 94.8 Å². The summed E-state index contributed by atoms with van der Waals surface area (Å²) in [6.07, 6.45) is 14.8. The van der Waals surface area contributed by atoms with E-state index in [9.17, 15) is 4.79 Å². The van der Waals surface area contributed by atoms with E-state index < -0.39 is 0 Å². The molecule has 0 spiro atoms. The van der Waals surface area contributed by atoms with Gasteiger partial charge in [0, 0.05) is 12.5 Å². The number of Topliss-reactive ketones (excluding diaryl/α,β-unsaturated/α-hetero) is 1. The normalized spacial score (nSPS) is 11.0. The Morgan fingerprint density at radius 1 is 0.595 bits per heavy atom. The van der Waals surface area contributed by atoms with Crippen LogP contribution in [0.4, 0.5) is 0 Å². The van der Waals surface area contributed by atoms with E-state index in [2.05, 4.69) is 52.8 Å². The van der Waals surface area contributed by atoms with Gasteiger partial charge < -0.3 is 18.9 Å². The van der Waals surface area contributed by atoms with Gasteiger partial charge in [-0.3, -0.25) is 4.79 Å². The third-order valence-corrected chi connectivity index (χ3v) is 7.51. The van der Waals surface area contributed by atoms with Crippen molar-refractivity contribution in [2.75, 3.05) is 26.4 Å². The van der Waals surface area contributed by atoms with Crippen LogP contribution in [0.5, 0.6) is 23.0 Å². The van der Waals surface area contributed by atoms with Crippen molar-refractivity contribution in [3.8, 4) is 23.0 Å². The van der Waals surface area contributed by atoms with Gasteiger partial charge in [-0.1, -0.05) is 98.1 Å². The quantitative estimate of drug-likeness (QED) is 0.0861. The Labute approximate surface area is 256 Å². The van der Waals surface area contributed by atoms with Gasteiger partial charge in [0.15, 0.2) is 17.3 Å². The molecular weight excluding hydrogens is 524 g/mol. The third-order valence-electron chi connectivity index (χ3n) is 7.51. The lowest BCUT2D eigenvalue weighted by molar-refractivity contribution is 0.0976. The van der Waals surface area contributed by atoms with Crippen LogP contribution in [0.15, 0.2) is 30.3 Å². The smallest absolute Gasteiger partial charge is 0.172 e. The summed E-state index contributed by atoms with van der Waals surface area (Å²) >= 11 is 0. The largest absolute Gasteiger partial charge is 0.493 e. The predicted octanol–water partition coefficient (Wildman–Crippen LogP) is 10.3. The summed E-state index contributed by atoms with van der Waals surface area (Å²) < 4.78 is 24.9. The van der Waals surface area contributed by atoms with Crippen LogP contribution in [0, 0.1) is 0 Å². The monoisotopic (exact) mass is 582 g/mol. The minimum atomic E-state index is 0.0387. The molecule has 5 heteroatoms. The van der Waals surface area contributed by atoms with E-state index in [1.807, 2.05) is 12.1 Å². The number of carbonyl (C=O) groups excluding carboxylic acids is 1. The molecule has 42 heavy (non-hydrogen) atoms. The molecule has 0 amide bonds. The van der Waals surface area contributed by atoms with Crippen LogP contribution < -0.4 is 18.9 Å². The minimum Gasteiger partial charge on any atom is -0.493 e. The van der Waals surface area contributed by atoms with Gasteiger partial charge in [-0.15, -0.1) is 0 Å². The molecule has 0 radical (unpaired) electrons. The van der Waals surface area contributed by atoms with Crippen molar-refractivity contribution in [3.63, 3.8) is 0 Å². The van der Waals surface area contributed by atoms with Crippen molar-refractivity contribution in [2.24, 2.45) is 0 Å². The van der Waals surface area contributed by atoms with Gasteiger partial charge in [0.05, 0.1) is 32.0 Å². The molecule has 0 saturated heterocycles. The topological polar surface area (TPSA) is 54.0 Å². The summed E-state index contributed by atoms with van der Waals surface area (Å²) in [5.74, 6) is 2.78. The van der Waals surface area contributed by atoms with Gasteiger partial charge in [0.2, 0.25) is 0 Å². The second-order valence-electron chi connectivity index (χ2n) is 11.2. The molecular formula is C37H58O5. The maximum atomic E-state index is 13.9. The first-order valence-electron chi connectivity index (χ1n) is 16.9. The van der Waals surface area contributed by atoms with Crippen LogP contribution in [-0.2, 0) is 12.8 Å². The second kappa shape index (κ2) is 21.9. The summed E-state index contributed by atoms with van der Waals surface area (Å²) in [5, 5.41) is 0. The number of ketones is 1. The van der Waals surface area contributed by atoms with Crippen molar-refractivity contribution >= 4 is 5.78 Å². The maximum absolute atomic E-state index is 13.9. The van der Waals surface area contributed by atoms with Gasteiger partial charge in [0.1, 0.15) is 11.5 Å². The molecule has 0 fully saturated rings. The first-order chi connectivity index (χ1) is 20.6. The van der Waals surface area contributed by atoms with Crippen LogP contribution in [0.2, 0.25) is 0 Å². The zero-order valence-electron chi connectivity index (χ0n) is 27.4. The summed E-state index contributed by atoms with van der Waals surface area (Å²) in [7, 11) is 0. The van der Waals surface area contributed by atoms with Crippen molar-refractivity contribution in [2.45, 2.75) is 131 Å². The van der Waals surface area contributed by atoms with E-state index in [-0.39, 0.29) is 5.78 Å². The van der Waals surface area contributed by atoms with Crippen molar-refractivity contribution in [3.05, 3.63) is 47.0 Å². The maximum Gasteiger partial charge on any atom is 0.172 e. The van der Waals surface area contributed by atoms with Gasteiger partial charge in [0.25, 0.3) is 0 Å². The Kier molecular flexibility index (Phi) is 18.5. The van der Waals surface area contributed by atoms with E-state index in [4.69, 9.17) is 18.9 Å². The Balaban J connectivity index is 2.33. The van der Waals surface area contributed by atoms with Gasteiger partial charge >= 0.3 is 0 Å². The fourth-order valence-corrected chi connectivity index (χ4v) is 4.83. The molecule has 0 unspecified atom stereocenters. The molecule has 5 nitrogen and oxygen atoms in total. The summed E-state index contributed by atoms with van der Waals surface area (Å²) in [4.78, 5) is 13.9. The molecule has 0 atom stereocenters. The van der Waals surface area contributed by atoms with Crippen molar-refractivity contribution in [1.29, 1.82) is 0 Å². The lowest BCUT2D eigenvalue weighted by Crippen LogP contribution is -2.11. The van der Waals surface area contributed by atoms with Gasteiger partial charge in [-0.25, -0.2) is 0 Å². The van der Waals surface area contributed by atoms with Crippen LogP contribution >= 0.6 is 0 Å². The zero-order valence-corrected chi connectivity index (χ0v) is 27.4. The second-order valence-corrected chi connectivity index (χ2v) is 11.2. The highest BCUT2D eigenvalue weighted by Gasteiger charge is 2.21. The van der Waals surface area contributed by atoms with E-state index >= 15 is 0 Å². The number of rotatable bonds is 25. The number of hydrogen-bond acceptors (Lipinski definition) is 5. The molecule has 0 saturated carbocycles. The Morgan fingerprint density at radius 3 is 1.71 bits per heavy atom. The molecule has 0 aliphatic heterocycles. The average molecular weight is 583 g/mol. The lowest BCUT2D eigenvalue weighted by atomic mass is 9.99.